The van der Waals surface area contributed by atoms with E-state index in [1.807, 2.05) is 4.90 Å². The monoisotopic (exact) mass is 471 g/mol. The zero-order valence-electron chi connectivity index (χ0n) is 18.4. The third kappa shape index (κ3) is 5.11. The van der Waals surface area contributed by atoms with Crippen molar-refractivity contribution in [1.29, 1.82) is 0 Å². The summed E-state index contributed by atoms with van der Waals surface area (Å²) in [6.45, 7) is 7.64. The van der Waals surface area contributed by atoms with Crippen LogP contribution in [0, 0.1) is 13.8 Å². The highest BCUT2D eigenvalue weighted by Crippen LogP contribution is 2.28. The molecule has 1 aromatic heterocycles. The zero-order chi connectivity index (χ0) is 22.7. The molecule has 0 saturated carbocycles. The molecule has 1 saturated heterocycles. The third-order valence-corrected chi connectivity index (χ3v) is 6.41. The van der Waals surface area contributed by atoms with Crippen molar-refractivity contribution in [2.75, 3.05) is 37.7 Å². The fourth-order valence-corrected chi connectivity index (χ4v) is 4.51. The quantitative estimate of drug-likeness (QED) is 0.434. The summed E-state index contributed by atoms with van der Waals surface area (Å²) in [7, 11) is 0. The fraction of sp³-hybridized carbons (Fsp3) is 0.360. The average Bonchev–Trinajstić information content (AvgIpc) is 2.78. The van der Waals surface area contributed by atoms with E-state index in [4.69, 9.17) is 32.9 Å². The number of anilines is 1. The van der Waals surface area contributed by atoms with Gasteiger partial charge in [0.25, 0.3) is 0 Å². The van der Waals surface area contributed by atoms with Gasteiger partial charge in [-0.3, -0.25) is 4.79 Å². The molecule has 0 bridgehead atoms. The molecule has 1 amide bonds. The number of carbonyl (C=O) groups excluding carboxylic acids is 1. The topological polar surface area (TPSA) is 45.7 Å². The van der Waals surface area contributed by atoms with E-state index in [2.05, 4.69) is 43.0 Å². The van der Waals surface area contributed by atoms with Crippen molar-refractivity contribution < 1.29 is 9.53 Å². The van der Waals surface area contributed by atoms with E-state index in [0.717, 1.165) is 24.4 Å². The number of hydrogen-bond acceptors (Lipinski definition) is 4. The minimum absolute atomic E-state index is 0.161. The number of piperazine rings is 1. The van der Waals surface area contributed by atoms with Crippen molar-refractivity contribution in [3.05, 3.63) is 63.6 Å². The second-order valence-corrected chi connectivity index (χ2v) is 9.01. The standard InChI is InChI=1S/C25H27Cl2N3O2/c1-17-5-3-6-20-18(2)15-23(28-25(17)20)29-10-12-30(13-11-29)24(31)7-4-14-32-22-9-8-19(26)16-21(22)27/h3,5-6,8-9,15-16H,4,7,10-14H2,1-2H3. The van der Waals surface area contributed by atoms with Crippen molar-refractivity contribution in [2.45, 2.75) is 26.7 Å². The van der Waals surface area contributed by atoms with E-state index in [1.165, 1.54) is 16.5 Å². The highest BCUT2D eigenvalue weighted by molar-refractivity contribution is 6.35. The molecule has 0 unspecified atom stereocenters. The molecule has 1 aliphatic heterocycles. The Bertz CT molecular complexity index is 1130. The van der Waals surface area contributed by atoms with E-state index < -0.39 is 0 Å². The van der Waals surface area contributed by atoms with Gasteiger partial charge in [0.2, 0.25) is 5.91 Å². The number of carbonyl (C=O) groups is 1. The highest BCUT2D eigenvalue weighted by Gasteiger charge is 2.22. The Kier molecular flexibility index (Phi) is 7.07. The van der Waals surface area contributed by atoms with Gasteiger partial charge in [-0.2, -0.15) is 0 Å². The number of rotatable bonds is 6. The summed E-state index contributed by atoms with van der Waals surface area (Å²) in [4.78, 5) is 21.8. The van der Waals surface area contributed by atoms with Gasteiger partial charge in [0.05, 0.1) is 17.1 Å². The number of fused-ring (bicyclic) bond motifs is 1. The van der Waals surface area contributed by atoms with Gasteiger partial charge in [-0.05, 0) is 55.7 Å². The van der Waals surface area contributed by atoms with Crippen molar-refractivity contribution in [3.63, 3.8) is 0 Å². The lowest BCUT2D eigenvalue weighted by molar-refractivity contribution is -0.131. The molecule has 2 heterocycles. The average molecular weight is 472 g/mol. The van der Waals surface area contributed by atoms with Gasteiger partial charge < -0.3 is 14.5 Å². The Hall–Kier alpha value is -2.50. The summed E-state index contributed by atoms with van der Waals surface area (Å²) in [5, 5.41) is 2.25. The second kappa shape index (κ2) is 9.97. The predicted octanol–water partition coefficient (Wildman–Crippen LogP) is 5.67. The van der Waals surface area contributed by atoms with Gasteiger partial charge in [-0.15, -0.1) is 0 Å². The largest absolute Gasteiger partial charge is 0.492 e. The molecule has 0 atom stereocenters. The lowest BCUT2D eigenvalue weighted by Crippen LogP contribution is -2.49. The molecule has 32 heavy (non-hydrogen) atoms. The molecule has 0 spiro atoms. The van der Waals surface area contributed by atoms with Crippen LogP contribution in [0.2, 0.25) is 10.0 Å². The number of hydrogen-bond donors (Lipinski definition) is 0. The Balaban J connectivity index is 1.27. The van der Waals surface area contributed by atoms with Gasteiger partial charge in [0.15, 0.2) is 0 Å². The molecular weight excluding hydrogens is 445 g/mol. The molecule has 1 fully saturated rings. The first kappa shape index (κ1) is 22.7. The van der Waals surface area contributed by atoms with Gasteiger partial charge in [0, 0.05) is 43.0 Å². The lowest BCUT2D eigenvalue weighted by atomic mass is 10.1. The maximum absolute atomic E-state index is 12.6. The molecule has 5 nitrogen and oxygen atoms in total. The van der Waals surface area contributed by atoms with Crippen LogP contribution in [-0.2, 0) is 4.79 Å². The Morgan fingerprint density at radius 1 is 1.03 bits per heavy atom. The normalized spacial score (nSPS) is 14.1. The summed E-state index contributed by atoms with van der Waals surface area (Å²) in [5.74, 6) is 1.74. The Labute approximate surface area is 198 Å². The van der Waals surface area contributed by atoms with Gasteiger partial charge in [0.1, 0.15) is 11.6 Å². The maximum atomic E-state index is 12.6. The number of para-hydroxylation sites is 1. The van der Waals surface area contributed by atoms with E-state index in [1.54, 1.807) is 18.2 Å². The SMILES string of the molecule is Cc1cc(N2CCN(C(=O)CCCOc3ccc(Cl)cc3Cl)CC2)nc2c(C)cccc12. The van der Waals surface area contributed by atoms with Crippen molar-refractivity contribution in [3.8, 4) is 5.75 Å². The number of ether oxygens (including phenoxy) is 1. The van der Waals surface area contributed by atoms with Crippen LogP contribution in [0.3, 0.4) is 0 Å². The van der Waals surface area contributed by atoms with Crippen LogP contribution in [-0.4, -0.2) is 48.6 Å². The van der Waals surface area contributed by atoms with Crippen LogP contribution in [0.1, 0.15) is 24.0 Å². The van der Waals surface area contributed by atoms with Crippen molar-refractivity contribution in [1.82, 2.24) is 9.88 Å². The minimum atomic E-state index is 0.161. The van der Waals surface area contributed by atoms with Crippen LogP contribution in [0.4, 0.5) is 5.82 Å². The number of benzene rings is 2. The summed E-state index contributed by atoms with van der Waals surface area (Å²) in [6.07, 6.45) is 1.10. The molecule has 3 aromatic rings. The van der Waals surface area contributed by atoms with Crippen LogP contribution < -0.4 is 9.64 Å². The first-order chi connectivity index (χ1) is 15.4. The molecule has 4 rings (SSSR count). The summed E-state index contributed by atoms with van der Waals surface area (Å²) in [6, 6.07) is 13.6. The van der Waals surface area contributed by atoms with Crippen LogP contribution in [0.15, 0.2) is 42.5 Å². The molecule has 1 aliphatic rings. The molecule has 168 valence electrons. The van der Waals surface area contributed by atoms with E-state index >= 15 is 0 Å². The molecular formula is C25H27Cl2N3O2. The molecule has 0 aliphatic carbocycles. The van der Waals surface area contributed by atoms with E-state index in [0.29, 0.717) is 48.3 Å². The molecule has 2 aromatic carbocycles. The zero-order valence-corrected chi connectivity index (χ0v) is 19.9. The number of aryl methyl sites for hydroxylation is 2. The first-order valence-electron chi connectivity index (χ1n) is 10.9. The minimum Gasteiger partial charge on any atom is -0.492 e. The van der Waals surface area contributed by atoms with Crippen molar-refractivity contribution >= 4 is 45.8 Å². The van der Waals surface area contributed by atoms with Crippen LogP contribution >= 0.6 is 23.2 Å². The predicted molar refractivity (Wildman–Crippen MR) is 131 cm³/mol. The van der Waals surface area contributed by atoms with E-state index in [-0.39, 0.29) is 5.91 Å². The summed E-state index contributed by atoms with van der Waals surface area (Å²) in [5.41, 5.74) is 3.47. The molecule has 0 N–H and O–H groups in total. The Morgan fingerprint density at radius 2 is 1.81 bits per heavy atom. The third-order valence-electron chi connectivity index (χ3n) is 5.88. The van der Waals surface area contributed by atoms with Gasteiger partial charge in [-0.25, -0.2) is 4.98 Å². The molecule has 7 heteroatoms. The number of pyridine rings is 1. The first-order valence-corrected chi connectivity index (χ1v) is 11.7. The van der Waals surface area contributed by atoms with Gasteiger partial charge in [-0.1, -0.05) is 41.4 Å². The molecule has 0 radical (unpaired) electrons. The number of aromatic nitrogens is 1. The highest BCUT2D eigenvalue weighted by atomic mass is 35.5. The van der Waals surface area contributed by atoms with Crippen molar-refractivity contribution in [2.24, 2.45) is 0 Å². The number of amides is 1. The fourth-order valence-electron chi connectivity index (χ4n) is 4.05. The Morgan fingerprint density at radius 3 is 2.56 bits per heavy atom. The maximum Gasteiger partial charge on any atom is 0.222 e. The summed E-state index contributed by atoms with van der Waals surface area (Å²) >= 11 is 12.0. The van der Waals surface area contributed by atoms with Crippen LogP contribution in [0.5, 0.6) is 5.75 Å². The summed E-state index contributed by atoms with van der Waals surface area (Å²) < 4.78 is 5.68. The van der Waals surface area contributed by atoms with E-state index in [9.17, 15) is 4.79 Å². The smallest absolute Gasteiger partial charge is 0.222 e. The second-order valence-electron chi connectivity index (χ2n) is 8.16. The van der Waals surface area contributed by atoms with Gasteiger partial charge >= 0.3 is 0 Å². The lowest BCUT2D eigenvalue weighted by Gasteiger charge is -2.35. The number of halogens is 2. The van der Waals surface area contributed by atoms with Crippen LogP contribution in [0.25, 0.3) is 10.9 Å². The number of nitrogens with zero attached hydrogens (tertiary/aromatic N) is 3.